The molecule has 4 aliphatic carbocycles. The molecule has 24 heavy (non-hydrogen) atoms. The molecule has 6 nitrogen and oxygen atoms in total. The third-order valence-corrected chi connectivity index (χ3v) is 5.97. The minimum atomic E-state index is -0.319. The molecule has 4 saturated carbocycles. The Kier molecular flexibility index (Phi) is 5.11. The van der Waals surface area contributed by atoms with Gasteiger partial charge in [-0.1, -0.05) is 0 Å². The normalized spacial score (nSPS) is 33.1. The molecule has 0 aromatic rings. The van der Waals surface area contributed by atoms with Crippen LogP contribution in [-0.2, 0) is 14.4 Å². The molecule has 0 saturated heterocycles. The summed E-state index contributed by atoms with van der Waals surface area (Å²) in [6.07, 6.45) is 8.22. The van der Waals surface area contributed by atoms with E-state index in [0.717, 1.165) is 17.8 Å². The summed E-state index contributed by atoms with van der Waals surface area (Å²) in [5.74, 6) is 1.91. The van der Waals surface area contributed by atoms with E-state index in [1.54, 1.807) is 0 Å². The van der Waals surface area contributed by atoms with E-state index < -0.39 is 0 Å². The summed E-state index contributed by atoms with van der Waals surface area (Å²) in [6.45, 7) is 2.27. The van der Waals surface area contributed by atoms with Gasteiger partial charge in [-0.2, -0.15) is 0 Å². The maximum absolute atomic E-state index is 12.3. The standard InChI is InChI=1S/C18H29N3O3/c1-2-19-16(23)10-21-17(24)11-20-15(22)9-18-6-12-3-13(7-18)5-14(4-12)8-18/h12-14H,2-11H2,1H3,(H,19,23)(H,20,22)(H,21,24). The lowest BCUT2D eigenvalue weighted by Crippen LogP contribution is -2.48. The van der Waals surface area contributed by atoms with Gasteiger partial charge in [0.15, 0.2) is 0 Å². The number of nitrogens with one attached hydrogen (secondary N) is 3. The zero-order valence-corrected chi connectivity index (χ0v) is 14.5. The Morgan fingerprint density at radius 3 is 1.75 bits per heavy atom. The number of carbonyl (C=O) groups excluding carboxylic acids is 3. The van der Waals surface area contributed by atoms with Crippen molar-refractivity contribution in [2.75, 3.05) is 19.6 Å². The van der Waals surface area contributed by atoms with E-state index >= 15 is 0 Å². The summed E-state index contributed by atoms with van der Waals surface area (Å²) in [5, 5.41) is 7.86. The molecule has 0 aromatic heterocycles. The smallest absolute Gasteiger partial charge is 0.239 e. The van der Waals surface area contributed by atoms with Crippen LogP contribution in [0.2, 0.25) is 0 Å². The van der Waals surface area contributed by atoms with Crippen molar-refractivity contribution in [3.63, 3.8) is 0 Å². The average molecular weight is 335 g/mol. The Morgan fingerprint density at radius 1 is 0.792 bits per heavy atom. The molecule has 0 aliphatic heterocycles. The molecule has 6 heteroatoms. The van der Waals surface area contributed by atoms with Crippen LogP contribution in [-0.4, -0.2) is 37.4 Å². The Bertz CT molecular complexity index is 482. The number of likely N-dealkylation sites (N-methyl/N-ethyl adjacent to an activating group) is 1. The topological polar surface area (TPSA) is 87.3 Å². The van der Waals surface area contributed by atoms with E-state index in [1.165, 1.54) is 38.5 Å². The fourth-order valence-electron chi connectivity index (χ4n) is 5.59. The van der Waals surface area contributed by atoms with Crippen molar-refractivity contribution in [3.05, 3.63) is 0 Å². The van der Waals surface area contributed by atoms with Crippen molar-refractivity contribution in [1.29, 1.82) is 0 Å². The lowest BCUT2D eigenvalue weighted by molar-refractivity contribution is -0.132. The van der Waals surface area contributed by atoms with E-state index in [9.17, 15) is 14.4 Å². The summed E-state index contributed by atoms with van der Waals surface area (Å²) in [7, 11) is 0. The van der Waals surface area contributed by atoms with Crippen LogP contribution in [0.25, 0.3) is 0 Å². The van der Waals surface area contributed by atoms with Crippen molar-refractivity contribution in [1.82, 2.24) is 16.0 Å². The van der Waals surface area contributed by atoms with Gasteiger partial charge in [0.2, 0.25) is 17.7 Å². The van der Waals surface area contributed by atoms with Gasteiger partial charge < -0.3 is 16.0 Å². The van der Waals surface area contributed by atoms with Gasteiger partial charge in [0.1, 0.15) is 0 Å². The first-order valence-electron chi connectivity index (χ1n) is 9.28. The molecule has 0 spiro atoms. The highest BCUT2D eigenvalue weighted by molar-refractivity contribution is 5.88. The van der Waals surface area contributed by atoms with Crippen LogP contribution in [0.5, 0.6) is 0 Å². The molecule has 0 radical (unpaired) electrons. The number of rotatable bonds is 7. The van der Waals surface area contributed by atoms with Gasteiger partial charge in [0.25, 0.3) is 0 Å². The quantitative estimate of drug-likeness (QED) is 0.648. The number of hydrogen-bond acceptors (Lipinski definition) is 3. The predicted octanol–water partition coefficient (Wildman–Crippen LogP) is 0.961. The molecule has 4 aliphatic rings. The Hall–Kier alpha value is -1.59. The van der Waals surface area contributed by atoms with E-state index in [-0.39, 0.29) is 36.2 Å². The zero-order valence-electron chi connectivity index (χ0n) is 14.5. The van der Waals surface area contributed by atoms with Crippen LogP contribution in [0.1, 0.15) is 51.9 Å². The van der Waals surface area contributed by atoms with Gasteiger partial charge >= 0.3 is 0 Å². The van der Waals surface area contributed by atoms with Crippen LogP contribution in [0, 0.1) is 23.2 Å². The van der Waals surface area contributed by atoms with E-state index in [1.807, 2.05) is 6.92 Å². The van der Waals surface area contributed by atoms with Crippen molar-refractivity contribution >= 4 is 17.7 Å². The average Bonchev–Trinajstić information content (AvgIpc) is 2.49. The first-order valence-corrected chi connectivity index (χ1v) is 9.28. The molecule has 134 valence electrons. The van der Waals surface area contributed by atoms with Gasteiger partial charge in [-0.15, -0.1) is 0 Å². The minimum Gasteiger partial charge on any atom is -0.355 e. The van der Waals surface area contributed by atoms with E-state index in [2.05, 4.69) is 16.0 Å². The summed E-state index contributed by atoms with van der Waals surface area (Å²) in [4.78, 5) is 35.3. The van der Waals surface area contributed by atoms with E-state index in [0.29, 0.717) is 13.0 Å². The lowest BCUT2D eigenvalue weighted by atomic mass is 9.49. The molecule has 0 unspecified atom stereocenters. The second-order valence-electron chi connectivity index (χ2n) is 8.10. The molecule has 0 aromatic carbocycles. The molecule has 4 rings (SSSR count). The van der Waals surface area contributed by atoms with Gasteiger partial charge in [-0.3, -0.25) is 14.4 Å². The Morgan fingerprint density at radius 2 is 1.25 bits per heavy atom. The molecule has 4 bridgehead atoms. The number of amides is 3. The highest BCUT2D eigenvalue weighted by Crippen LogP contribution is 2.61. The molecule has 3 N–H and O–H groups in total. The van der Waals surface area contributed by atoms with Crippen LogP contribution in [0.4, 0.5) is 0 Å². The first kappa shape index (κ1) is 17.2. The van der Waals surface area contributed by atoms with Gasteiger partial charge in [0, 0.05) is 13.0 Å². The van der Waals surface area contributed by atoms with Crippen molar-refractivity contribution in [2.24, 2.45) is 23.2 Å². The third-order valence-electron chi connectivity index (χ3n) is 5.97. The molecule has 3 amide bonds. The van der Waals surface area contributed by atoms with Crippen LogP contribution >= 0.6 is 0 Å². The third kappa shape index (κ3) is 4.08. The highest BCUT2D eigenvalue weighted by Gasteiger charge is 2.51. The van der Waals surface area contributed by atoms with Crippen molar-refractivity contribution in [3.8, 4) is 0 Å². The summed E-state index contributed by atoms with van der Waals surface area (Å²) < 4.78 is 0. The number of carbonyl (C=O) groups is 3. The second-order valence-corrected chi connectivity index (χ2v) is 8.10. The summed E-state index contributed by atoms with van der Waals surface area (Å²) >= 11 is 0. The highest BCUT2D eigenvalue weighted by atomic mass is 16.2. The van der Waals surface area contributed by atoms with Gasteiger partial charge in [-0.25, -0.2) is 0 Å². The fourth-order valence-corrected chi connectivity index (χ4v) is 5.59. The van der Waals surface area contributed by atoms with Crippen LogP contribution in [0.3, 0.4) is 0 Å². The Balaban J connectivity index is 1.40. The maximum atomic E-state index is 12.3. The lowest BCUT2D eigenvalue weighted by Gasteiger charge is -2.56. The Labute approximate surface area is 143 Å². The number of hydrogen-bond donors (Lipinski definition) is 3. The summed E-state index contributed by atoms with van der Waals surface area (Å²) in [6, 6.07) is 0. The summed E-state index contributed by atoms with van der Waals surface area (Å²) in [5.41, 5.74) is 0.191. The van der Waals surface area contributed by atoms with E-state index in [4.69, 9.17) is 0 Å². The molecule has 0 heterocycles. The molecule has 0 atom stereocenters. The predicted molar refractivity (Wildman–Crippen MR) is 89.9 cm³/mol. The van der Waals surface area contributed by atoms with Gasteiger partial charge in [0.05, 0.1) is 13.1 Å². The molecular formula is C18H29N3O3. The zero-order chi connectivity index (χ0) is 17.2. The van der Waals surface area contributed by atoms with Crippen molar-refractivity contribution < 1.29 is 14.4 Å². The van der Waals surface area contributed by atoms with Gasteiger partial charge in [-0.05, 0) is 68.6 Å². The van der Waals surface area contributed by atoms with Crippen LogP contribution in [0.15, 0.2) is 0 Å². The second kappa shape index (κ2) is 7.11. The minimum absolute atomic E-state index is 0.0230. The fraction of sp³-hybridized carbons (Fsp3) is 0.833. The SMILES string of the molecule is CCNC(=O)CNC(=O)CNC(=O)CC12CC3CC(CC(C3)C1)C2. The van der Waals surface area contributed by atoms with Crippen LogP contribution < -0.4 is 16.0 Å². The monoisotopic (exact) mass is 335 g/mol. The largest absolute Gasteiger partial charge is 0.355 e. The molecular weight excluding hydrogens is 306 g/mol. The molecule has 4 fully saturated rings. The first-order chi connectivity index (χ1) is 11.5. The maximum Gasteiger partial charge on any atom is 0.239 e. The van der Waals surface area contributed by atoms with Crippen molar-refractivity contribution in [2.45, 2.75) is 51.9 Å².